The first-order valence-electron chi connectivity index (χ1n) is 12.3. The summed E-state index contributed by atoms with van der Waals surface area (Å²) in [6.45, 7) is 0. The van der Waals surface area contributed by atoms with Crippen molar-refractivity contribution in [3.05, 3.63) is 35.4 Å². The van der Waals surface area contributed by atoms with Gasteiger partial charge in [-0.2, -0.15) is 0 Å². The minimum Gasteiger partial charge on any atom is -0.493 e. The van der Waals surface area contributed by atoms with Crippen molar-refractivity contribution in [1.82, 2.24) is 4.90 Å². The van der Waals surface area contributed by atoms with E-state index in [0.717, 1.165) is 25.7 Å². The Morgan fingerprint density at radius 2 is 0.943 bits per heavy atom. The lowest BCUT2D eigenvalue weighted by Gasteiger charge is -2.40. The van der Waals surface area contributed by atoms with Crippen LogP contribution in [-0.2, 0) is 12.8 Å². The first kappa shape index (κ1) is 26.8. The van der Waals surface area contributed by atoms with Gasteiger partial charge >= 0.3 is 0 Å². The van der Waals surface area contributed by atoms with E-state index in [1.165, 1.54) is 30.4 Å². The second-order valence-corrected chi connectivity index (χ2v) is 9.05. The Kier molecular flexibility index (Phi) is 9.78. The SMILES string of the molecule is COc1cc(CCC2CCCC(CCc3cc(OC)c(OC)c(OC)c3)N2C)cc(OC)c1OC. The average Bonchev–Trinajstić information content (AvgIpc) is 2.90. The van der Waals surface area contributed by atoms with Gasteiger partial charge in [0, 0.05) is 12.1 Å². The van der Waals surface area contributed by atoms with Crippen LogP contribution in [-0.4, -0.2) is 66.7 Å². The lowest BCUT2D eigenvalue weighted by atomic mass is 9.89. The Morgan fingerprint density at radius 3 is 1.23 bits per heavy atom. The maximum Gasteiger partial charge on any atom is 0.203 e. The van der Waals surface area contributed by atoms with E-state index >= 15 is 0 Å². The van der Waals surface area contributed by atoms with Crippen LogP contribution in [0.1, 0.15) is 43.2 Å². The molecular weight excluding hydrogens is 446 g/mol. The van der Waals surface area contributed by atoms with Crippen molar-refractivity contribution in [1.29, 1.82) is 0 Å². The Morgan fingerprint density at radius 1 is 0.600 bits per heavy atom. The van der Waals surface area contributed by atoms with Crippen LogP contribution in [0.4, 0.5) is 0 Å². The molecule has 2 unspecified atom stereocenters. The summed E-state index contributed by atoms with van der Waals surface area (Å²) in [6, 6.07) is 9.34. The molecule has 2 atom stereocenters. The molecule has 3 rings (SSSR count). The summed E-state index contributed by atoms with van der Waals surface area (Å²) < 4.78 is 33.0. The first-order valence-corrected chi connectivity index (χ1v) is 12.3. The Balaban J connectivity index is 1.64. The predicted molar refractivity (Wildman–Crippen MR) is 138 cm³/mol. The number of methoxy groups -OCH3 is 6. The number of hydrogen-bond acceptors (Lipinski definition) is 7. The fraction of sp³-hybridized carbons (Fsp3) is 0.571. The summed E-state index contributed by atoms with van der Waals surface area (Å²) in [6.07, 6.45) is 7.82. The van der Waals surface area contributed by atoms with Gasteiger partial charge in [0.1, 0.15) is 0 Å². The maximum atomic E-state index is 5.53. The summed E-state index contributed by atoms with van der Waals surface area (Å²) in [5, 5.41) is 0. The minimum atomic E-state index is 0.549. The van der Waals surface area contributed by atoms with Gasteiger partial charge in [-0.1, -0.05) is 6.42 Å². The molecule has 1 aliphatic rings. The number of rotatable bonds is 12. The first-order chi connectivity index (χ1) is 17.0. The second kappa shape index (κ2) is 12.8. The molecule has 1 fully saturated rings. The molecule has 2 aromatic carbocycles. The molecular formula is C28H41NO6. The van der Waals surface area contributed by atoms with Gasteiger partial charge in [0.05, 0.1) is 42.7 Å². The van der Waals surface area contributed by atoms with Gasteiger partial charge in [-0.15, -0.1) is 0 Å². The standard InChI is InChI=1S/C28H41NO6/c1-29-21(13-11-19-15-23(30-2)27(34-6)24(16-19)31-3)9-8-10-22(29)14-12-20-17-25(32-4)28(35-7)26(18-20)33-5/h15-18,21-22H,8-14H2,1-7H3. The number of benzene rings is 2. The van der Waals surface area contributed by atoms with E-state index in [0.29, 0.717) is 46.6 Å². The third-order valence-electron chi connectivity index (χ3n) is 7.21. The number of hydrogen-bond donors (Lipinski definition) is 0. The molecule has 1 heterocycles. The van der Waals surface area contributed by atoms with Crippen LogP contribution in [0.15, 0.2) is 24.3 Å². The van der Waals surface area contributed by atoms with E-state index < -0.39 is 0 Å². The Hall–Kier alpha value is -2.80. The lowest BCUT2D eigenvalue weighted by molar-refractivity contribution is 0.102. The highest BCUT2D eigenvalue weighted by Gasteiger charge is 2.27. The molecule has 0 bridgehead atoms. The molecule has 7 nitrogen and oxygen atoms in total. The van der Waals surface area contributed by atoms with E-state index in [9.17, 15) is 0 Å². The Bertz CT molecular complexity index is 837. The van der Waals surface area contributed by atoms with Crippen LogP contribution in [0.3, 0.4) is 0 Å². The molecule has 0 saturated carbocycles. The molecule has 0 amide bonds. The van der Waals surface area contributed by atoms with Crippen molar-refractivity contribution < 1.29 is 28.4 Å². The maximum absolute atomic E-state index is 5.53. The summed E-state index contributed by atoms with van der Waals surface area (Å²) >= 11 is 0. The van der Waals surface area contributed by atoms with Crippen LogP contribution in [0, 0.1) is 0 Å². The van der Waals surface area contributed by atoms with E-state index in [2.05, 4.69) is 36.2 Å². The summed E-state index contributed by atoms with van der Waals surface area (Å²) in [5.41, 5.74) is 2.40. The lowest BCUT2D eigenvalue weighted by Crippen LogP contribution is -2.44. The fourth-order valence-corrected chi connectivity index (χ4v) is 5.22. The van der Waals surface area contributed by atoms with E-state index in [-0.39, 0.29) is 0 Å². The van der Waals surface area contributed by atoms with Crippen LogP contribution < -0.4 is 28.4 Å². The Labute approximate surface area is 210 Å². The van der Waals surface area contributed by atoms with Gasteiger partial charge in [-0.25, -0.2) is 0 Å². The van der Waals surface area contributed by atoms with Crippen molar-refractivity contribution in [3.8, 4) is 34.5 Å². The highest BCUT2D eigenvalue weighted by atomic mass is 16.5. The normalized spacial score (nSPS) is 18.1. The summed E-state index contributed by atoms with van der Waals surface area (Å²) in [4.78, 5) is 2.58. The molecule has 7 heteroatoms. The summed E-state index contributed by atoms with van der Waals surface area (Å²) in [5.74, 6) is 4.12. The molecule has 0 aromatic heterocycles. The largest absolute Gasteiger partial charge is 0.493 e. The molecule has 1 aliphatic heterocycles. The number of aryl methyl sites for hydroxylation is 2. The number of piperidine rings is 1. The quantitative estimate of drug-likeness (QED) is 0.410. The van der Waals surface area contributed by atoms with E-state index in [1.54, 1.807) is 42.7 Å². The molecule has 0 N–H and O–H groups in total. The molecule has 194 valence electrons. The number of likely N-dealkylation sites (tertiary alicyclic amines) is 1. The van der Waals surface area contributed by atoms with Gasteiger partial charge in [0.25, 0.3) is 0 Å². The fourth-order valence-electron chi connectivity index (χ4n) is 5.22. The molecule has 0 radical (unpaired) electrons. The van der Waals surface area contributed by atoms with Gasteiger partial charge in [-0.05, 0) is 81.0 Å². The second-order valence-electron chi connectivity index (χ2n) is 9.05. The number of nitrogens with zero attached hydrogens (tertiary/aromatic N) is 1. The molecule has 1 saturated heterocycles. The third-order valence-corrected chi connectivity index (χ3v) is 7.21. The van der Waals surface area contributed by atoms with E-state index in [4.69, 9.17) is 28.4 Å². The highest BCUT2D eigenvalue weighted by molar-refractivity contribution is 5.54. The topological polar surface area (TPSA) is 58.6 Å². The van der Waals surface area contributed by atoms with E-state index in [1.807, 2.05) is 0 Å². The van der Waals surface area contributed by atoms with Crippen molar-refractivity contribution >= 4 is 0 Å². The molecule has 0 spiro atoms. The van der Waals surface area contributed by atoms with Crippen LogP contribution in [0.5, 0.6) is 34.5 Å². The van der Waals surface area contributed by atoms with Crippen molar-refractivity contribution in [3.63, 3.8) is 0 Å². The summed E-state index contributed by atoms with van der Waals surface area (Å²) in [7, 11) is 12.2. The highest BCUT2D eigenvalue weighted by Crippen LogP contribution is 2.40. The smallest absolute Gasteiger partial charge is 0.203 e. The molecule has 2 aromatic rings. The monoisotopic (exact) mass is 487 g/mol. The van der Waals surface area contributed by atoms with Crippen molar-refractivity contribution in [2.45, 2.75) is 57.0 Å². The van der Waals surface area contributed by atoms with Crippen LogP contribution >= 0.6 is 0 Å². The van der Waals surface area contributed by atoms with Gasteiger partial charge in [-0.3, -0.25) is 0 Å². The van der Waals surface area contributed by atoms with Crippen molar-refractivity contribution in [2.24, 2.45) is 0 Å². The van der Waals surface area contributed by atoms with Crippen molar-refractivity contribution in [2.75, 3.05) is 49.7 Å². The zero-order chi connectivity index (χ0) is 25.4. The van der Waals surface area contributed by atoms with Gasteiger partial charge in [0.2, 0.25) is 11.5 Å². The van der Waals surface area contributed by atoms with Gasteiger partial charge in [0.15, 0.2) is 23.0 Å². The zero-order valence-corrected chi connectivity index (χ0v) is 22.3. The molecule has 0 aliphatic carbocycles. The number of ether oxygens (including phenoxy) is 6. The predicted octanol–water partition coefficient (Wildman–Crippen LogP) is 5.16. The molecule has 35 heavy (non-hydrogen) atoms. The average molecular weight is 488 g/mol. The van der Waals surface area contributed by atoms with Crippen LogP contribution in [0.2, 0.25) is 0 Å². The van der Waals surface area contributed by atoms with Crippen LogP contribution in [0.25, 0.3) is 0 Å². The zero-order valence-electron chi connectivity index (χ0n) is 22.3. The third kappa shape index (κ3) is 6.26. The minimum absolute atomic E-state index is 0.549. The van der Waals surface area contributed by atoms with Gasteiger partial charge < -0.3 is 33.3 Å².